The Hall–Kier alpha value is -0.0900. The first-order valence-corrected chi connectivity index (χ1v) is 5.88. The minimum absolute atomic E-state index is 0.168. The smallest absolute Gasteiger partial charge is 0.0931 e. The summed E-state index contributed by atoms with van der Waals surface area (Å²) in [6.07, 6.45) is 0. The SMILES string of the molecule is CC(C)(CN)CNCc1ccc(Cl)s1. The van der Waals surface area contributed by atoms with Gasteiger partial charge in [0, 0.05) is 18.0 Å². The van der Waals surface area contributed by atoms with E-state index in [1.54, 1.807) is 11.3 Å². The second-order valence-electron chi connectivity index (χ2n) is 4.18. The summed E-state index contributed by atoms with van der Waals surface area (Å²) in [5, 5.41) is 3.38. The van der Waals surface area contributed by atoms with Gasteiger partial charge in [0.25, 0.3) is 0 Å². The Kier molecular flexibility index (Phi) is 4.38. The molecule has 1 aromatic rings. The molecular formula is C10H17ClN2S. The maximum atomic E-state index is 5.83. The zero-order valence-corrected chi connectivity index (χ0v) is 10.2. The molecule has 1 heterocycles. The van der Waals surface area contributed by atoms with Crippen LogP contribution in [0.2, 0.25) is 4.34 Å². The van der Waals surface area contributed by atoms with E-state index in [4.69, 9.17) is 17.3 Å². The molecule has 14 heavy (non-hydrogen) atoms. The first-order valence-electron chi connectivity index (χ1n) is 4.68. The lowest BCUT2D eigenvalue weighted by atomic mass is 9.94. The molecule has 0 fully saturated rings. The summed E-state index contributed by atoms with van der Waals surface area (Å²) in [6, 6.07) is 3.98. The van der Waals surface area contributed by atoms with Gasteiger partial charge in [-0.1, -0.05) is 25.4 Å². The number of nitrogens with two attached hydrogens (primary N) is 1. The molecule has 0 saturated heterocycles. The van der Waals surface area contributed by atoms with Crippen molar-refractivity contribution in [3.05, 3.63) is 21.3 Å². The number of thiophene rings is 1. The lowest BCUT2D eigenvalue weighted by Gasteiger charge is -2.22. The molecule has 0 atom stereocenters. The molecule has 0 bridgehead atoms. The van der Waals surface area contributed by atoms with Gasteiger partial charge in [0.05, 0.1) is 4.34 Å². The molecule has 0 radical (unpaired) electrons. The predicted molar refractivity (Wildman–Crippen MR) is 63.9 cm³/mol. The number of rotatable bonds is 5. The molecule has 3 N–H and O–H groups in total. The van der Waals surface area contributed by atoms with Crippen molar-refractivity contribution in [2.75, 3.05) is 13.1 Å². The Morgan fingerprint density at radius 2 is 2.21 bits per heavy atom. The first kappa shape index (κ1) is 12.0. The fraction of sp³-hybridized carbons (Fsp3) is 0.600. The third kappa shape index (κ3) is 3.96. The van der Waals surface area contributed by atoms with Crippen LogP contribution in [0.4, 0.5) is 0 Å². The van der Waals surface area contributed by atoms with Crippen LogP contribution in [-0.4, -0.2) is 13.1 Å². The van der Waals surface area contributed by atoms with Gasteiger partial charge in [-0.3, -0.25) is 0 Å². The van der Waals surface area contributed by atoms with Gasteiger partial charge in [-0.15, -0.1) is 11.3 Å². The van der Waals surface area contributed by atoms with Gasteiger partial charge in [0.15, 0.2) is 0 Å². The van der Waals surface area contributed by atoms with Crippen LogP contribution < -0.4 is 11.1 Å². The second kappa shape index (κ2) is 5.12. The highest BCUT2D eigenvalue weighted by Gasteiger charge is 2.14. The van der Waals surface area contributed by atoms with Crippen molar-refractivity contribution in [2.45, 2.75) is 20.4 Å². The first-order chi connectivity index (χ1) is 6.53. The van der Waals surface area contributed by atoms with Crippen LogP contribution in [0, 0.1) is 5.41 Å². The van der Waals surface area contributed by atoms with E-state index in [9.17, 15) is 0 Å². The quantitative estimate of drug-likeness (QED) is 0.819. The number of hydrogen-bond acceptors (Lipinski definition) is 3. The topological polar surface area (TPSA) is 38.0 Å². The van der Waals surface area contributed by atoms with E-state index in [2.05, 4.69) is 25.2 Å². The Labute approximate surface area is 94.5 Å². The maximum absolute atomic E-state index is 5.83. The van der Waals surface area contributed by atoms with Crippen LogP contribution in [0.3, 0.4) is 0 Å². The largest absolute Gasteiger partial charge is 0.330 e. The van der Waals surface area contributed by atoms with Crippen molar-refractivity contribution in [1.82, 2.24) is 5.32 Å². The molecule has 1 aromatic heterocycles. The summed E-state index contributed by atoms with van der Waals surface area (Å²) in [6.45, 7) is 6.81. The van der Waals surface area contributed by atoms with Gasteiger partial charge < -0.3 is 11.1 Å². The van der Waals surface area contributed by atoms with Crippen LogP contribution in [0.25, 0.3) is 0 Å². The van der Waals surface area contributed by atoms with Crippen molar-refractivity contribution < 1.29 is 0 Å². The molecule has 0 aliphatic carbocycles. The lowest BCUT2D eigenvalue weighted by molar-refractivity contribution is 0.352. The molecule has 2 nitrogen and oxygen atoms in total. The standard InChI is InChI=1S/C10H17ClN2S/c1-10(2,6-12)7-13-5-8-3-4-9(11)14-8/h3-4,13H,5-7,12H2,1-2H3. The highest BCUT2D eigenvalue weighted by Crippen LogP contribution is 2.21. The van der Waals surface area contributed by atoms with E-state index in [1.807, 2.05) is 6.07 Å². The second-order valence-corrected chi connectivity index (χ2v) is 5.98. The van der Waals surface area contributed by atoms with E-state index in [1.165, 1.54) is 4.88 Å². The van der Waals surface area contributed by atoms with Crippen LogP contribution >= 0.6 is 22.9 Å². The Morgan fingerprint density at radius 1 is 1.50 bits per heavy atom. The molecular weight excluding hydrogens is 216 g/mol. The zero-order chi connectivity index (χ0) is 10.6. The molecule has 4 heteroatoms. The monoisotopic (exact) mass is 232 g/mol. The Morgan fingerprint density at radius 3 is 2.71 bits per heavy atom. The fourth-order valence-corrected chi connectivity index (χ4v) is 2.10. The highest BCUT2D eigenvalue weighted by atomic mass is 35.5. The van der Waals surface area contributed by atoms with E-state index in [0.29, 0.717) is 6.54 Å². The van der Waals surface area contributed by atoms with Crippen molar-refractivity contribution in [3.63, 3.8) is 0 Å². The minimum atomic E-state index is 0.168. The van der Waals surface area contributed by atoms with Crippen LogP contribution in [0.5, 0.6) is 0 Å². The lowest BCUT2D eigenvalue weighted by Crippen LogP contribution is -2.35. The third-order valence-corrected chi connectivity index (χ3v) is 3.32. The molecule has 0 aliphatic heterocycles. The van der Waals surface area contributed by atoms with Gasteiger partial charge in [-0.05, 0) is 24.1 Å². The Bertz CT molecular complexity index is 283. The van der Waals surface area contributed by atoms with Gasteiger partial charge >= 0.3 is 0 Å². The molecule has 0 amide bonds. The number of halogens is 1. The van der Waals surface area contributed by atoms with Crippen molar-refractivity contribution in [2.24, 2.45) is 11.1 Å². The van der Waals surface area contributed by atoms with Gasteiger partial charge in [-0.2, -0.15) is 0 Å². The molecule has 0 spiro atoms. The summed E-state index contributed by atoms with van der Waals surface area (Å²) >= 11 is 7.44. The molecule has 1 rings (SSSR count). The van der Waals surface area contributed by atoms with Crippen LogP contribution in [-0.2, 0) is 6.54 Å². The Balaban J connectivity index is 2.28. The average Bonchev–Trinajstić information content (AvgIpc) is 2.51. The van der Waals surface area contributed by atoms with Crippen LogP contribution in [0.1, 0.15) is 18.7 Å². The molecule has 0 aromatic carbocycles. The van der Waals surface area contributed by atoms with E-state index >= 15 is 0 Å². The summed E-state index contributed by atoms with van der Waals surface area (Å²) in [4.78, 5) is 1.27. The maximum Gasteiger partial charge on any atom is 0.0931 e. The third-order valence-electron chi connectivity index (χ3n) is 2.08. The van der Waals surface area contributed by atoms with E-state index < -0.39 is 0 Å². The van der Waals surface area contributed by atoms with Gasteiger partial charge in [0.1, 0.15) is 0 Å². The predicted octanol–water partition coefficient (Wildman–Crippen LogP) is 2.48. The van der Waals surface area contributed by atoms with E-state index in [-0.39, 0.29) is 5.41 Å². The van der Waals surface area contributed by atoms with E-state index in [0.717, 1.165) is 17.4 Å². The van der Waals surface area contributed by atoms with Gasteiger partial charge in [-0.25, -0.2) is 0 Å². The summed E-state index contributed by atoms with van der Waals surface area (Å²) in [7, 11) is 0. The zero-order valence-electron chi connectivity index (χ0n) is 8.64. The normalized spacial score (nSPS) is 12.0. The average molecular weight is 233 g/mol. The summed E-state index contributed by atoms with van der Waals surface area (Å²) in [5.74, 6) is 0. The van der Waals surface area contributed by atoms with Crippen LogP contribution in [0.15, 0.2) is 12.1 Å². The number of hydrogen-bond donors (Lipinski definition) is 2. The molecule has 0 unspecified atom stereocenters. The molecule has 0 aliphatic rings. The number of nitrogens with one attached hydrogen (secondary N) is 1. The fourth-order valence-electron chi connectivity index (χ4n) is 1.04. The highest BCUT2D eigenvalue weighted by molar-refractivity contribution is 7.16. The summed E-state index contributed by atoms with van der Waals surface area (Å²) < 4.78 is 0.847. The molecule has 80 valence electrons. The van der Waals surface area contributed by atoms with Crippen molar-refractivity contribution >= 4 is 22.9 Å². The molecule has 0 saturated carbocycles. The van der Waals surface area contributed by atoms with Crippen molar-refractivity contribution in [3.8, 4) is 0 Å². The minimum Gasteiger partial charge on any atom is -0.330 e. The van der Waals surface area contributed by atoms with Gasteiger partial charge in [0.2, 0.25) is 0 Å². The summed E-state index contributed by atoms with van der Waals surface area (Å²) in [5.41, 5.74) is 5.80. The van der Waals surface area contributed by atoms with Crippen molar-refractivity contribution in [1.29, 1.82) is 0 Å².